The summed E-state index contributed by atoms with van der Waals surface area (Å²) in [6, 6.07) is 11.2. The largest absolute Gasteiger partial charge is 1.00 e. The first-order valence-electron chi connectivity index (χ1n) is 14.4. The summed E-state index contributed by atoms with van der Waals surface area (Å²) < 4.78 is 131. The zero-order chi connectivity index (χ0) is 39.6. The fourth-order valence-electron chi connectivity index (χ4n) is 4.48. The van der Waals surface area contributed by atoms with Crippen LogP contribution in [-0.4, -0.2) is 92.3 Å². The smallest absolute Gasteiger partial charge is 0.744 e. The van der Waals surface area contributed by atoms with Gasteiger partial charge in [0.15, 0.2) is 15.9 Å². The van der Waals surface area contributed by atoms with E-state index in [2.05, 4.69) is 45.1 Å². The SMILES string of the molecule is CC1=NN(c2ccc(S(=O)(=O)[O-])cc2)C(=O)C1N=Nc1cc(Nc2nc(Cl)nc(Nc3cccc(S(=O)(=O)CCOS(=O)(=O)[O-])c3)n2)ccc1S(=O)(=O)[O-].[Na+].[Na+].[Na+]. The predicted octanol–water partition coefficient (Wildman–Crippen LogP) is -7.04. The van der Waals surface area contributed by atoms with Crippen molar-refractivity contribution in [2.75, 3.05) is 28.0 Å². The Labute approximate surface area is 396 Å². The normalized spacial score (nSPS) is 14.6. The number of azo groups is 1. The molecule has 2 heterocycles. The van der Waals surface area contributed by atoms with Gasteiger partial charge in [-0.15, -0.1) is 0 Å². The van der Waals surface area contributed by atoms with Crippen LogP contribution in [-0.2, 0) is 49.5 Å². The molecule has 2 N–H and O–H groups in total. The van der Waals surface area contributed by atoms with E-state index < -0.39 is 80.3 Å². The molecule has 57 heavy (non-hydrogen) atoms. The second-order valence-corrected chi connectivity index (χ2v) is 16.9. The van der Waals surface area contributed by atoms with Gasteiger partial charge in [-0.2, -0.15) is 35.3 Å². The van der Waals surface area contributed by atoms with E-state index in [9.17, 15) is 52.1 Å². The van der Waals surface area contributed by atoms with E-state index in [0.717, 1.165) is 41.4 Å². The number of aromatic nitrogens is 3. The molecule has 1 atom stereocenters. The van der Waals surface area contributed by atoms with Crippen LogP contribution in [0.5, 0.6) is 0 Å². The van der Waals surface area contributed by atoms with Gasteiger partial charge in [-0.05, 0) is 79.2 Å². The first kappa shape index (κ1) is 51.1. The zero-order valence-electron chi connectivity index (χ0n) is 29.8. The number of nitrogens with one attached hydrogen (secondary N) is 2. The molecule has 0 spiro atoms. The Morgan fingerprint density at radius 1 is 0.789 bits per heavy atom. The maximum atomic E-state index is 13.1. The number of carbonyl (C=O) groups is 1. The molecular formula is C27H21ClN9Na3O13S4. The summed E-state index contributed by atoms with van der Waals surface area (Å²) >= 11 is 6.06. The Hall–Kier alpha value is -2.06. The van der Waals surface area contributed by atoms with E-state index in [4.69, 9.17) is 11.6 Å². The van der Waals surface area contributed by atoms with Crippen molar-refractivity contribution in [2.45, 2.75) is 27.7 Å². The Bertz CT molecular complexity index is 2660. The van der Waals surface area contributed by atoms with Crippen molar-refractivity contribution in [3.05, 3.63) is 72.0 Å². The Kier molecular flexibility index (Phi) is 18.3. The van der Waals surface area contributed by atoms with Gasteiger partial charge < -0.3 is 24.3 Å². The summed E-state index contributed by atoms with van der Waals surface area (Å²) in [5.41, 5.74) is -0.160. The third-order valence-electron chi connectivity index (χ3n) is 6.87. The van der Waals surface area contributed by atoms with Crippen LogP contribution in [0.1, 0.15) is 6.92 Å². The first-order chi connectivity index (χ1) is 25.1. The maximum Gasteiger partial charge on any atom is 1.00 e. The molecule has 22 nitrogen and oxygen atoms in total. The summed E-state index contributed by atoms with van der Waals surface area (Å²) in [5, 5.41) is 17.8. The number of hydrazone groups is 1. The van der Waals surface area contributed by atoms with Gasteiger partial charge in [0.25, 0.3) is 5.91 Å². The molecule has 1 aliphatic rings. The summed E-state index contributed by atoms with van der Waals surface area (Å²) in [4.78, 5) is 23.5. The van der Waals surface area contributed by atoms with Crippen molar-refractivity contribution in [3.8, 4) is 0 Å². The van der Waals surface area contributed by atoms with Crippen LogP contribution in [0, 0.1) is 0 Å². The molecule has 0 radical (unpaired) electrons. The average Bonchev–Trinajstić information content (AvgIpc) is 3.34. The minimum atomic E-state index is -5.13. The topological polar surface area (TPSA) is 335 Å². The molecule has 4 aromatic rings. The Morgan fingerprint density at radius 2 is 1.39 bits per heavy atom. The number of nitrogens with zero attached hydrogens (tertiary/aromatic N) is 7. The average molecular weight is 912 g/mol. The number of benzene rings is 3. The predicted molar refractivity (Wildman–Crippen MR) is 183 cm³/mol. The second-order valence-electron chi connectivity index (χ2n) is 10.7. The molecule has 1 aliphatic heterocycles. The number of hydrogen-bond donors (Lipinski definition) is 2. The molecule has 1 aromatic heterocycles. The number of hydrogen-bond acceptors (Lipinski definition) is 21. The first-order valence-corrected chi connectivity index (χ1v) is 20.6. The Balaban J connectivity index is 0.00000374. The minimum Gasteiger partial charge on any atom is -0.744 e. The van der Waals surface area contributed by atoms with Crippen molar-refractivity contribution in [1.82, 2.24) is 15.0 Å². The van der Waals surface area contributed by atoms with Crippen LogP contribution < -0.4 is 104 Å². The van der Waals surface area contributed by atoms with E-state index >= 15 is 0 Å². The summed E-state index contributed by atoms with van der Waals surface area (Å²) in [7, 11) is -19.1. The third-order valence-corrected chi connectivity index (χ3v) is 10.9. The molecule has 0 bridgehead atoms. The van der Waals surface area contributed by atoms with Crippen molar-refractivity contribution < 1.29 is 145 Å². The van der Waals surface area contributed by atoms with Crippen LogP contribution >= 0.6 is 11.6 Å². The number of anilines is 5. The third kappa shape index (κ3) is 14.0. The van der Waals surface area contributed by atoms with E-state index in [0.29, 0.717) is 0 Å². The quantitative estimate of drug-likeness (QED) is 0.0514. The van der Waals surface area contributed by atoms with Crippen LogP contribution in [0.2, 0.25) is 5.28 Å². The Morgan fingerprint density at radius 3 is 1.95 bits per heavy atom. The molecule has 3 aromatic carbocycles. The van der Waals surface area contributed by atoms with Gasteiger partial charge in [-0.1, -0.05) is 6.07 Å². The number of amides is 1. The maximum absolute atomic E-state index is 13.1. The van der Waals surface area contributed by atoms with Gasteiger partial charge in [-0.25, -0.2) is 33.7 Å². The number of halogens is 1. The number of rotatable bonds is 14. The molecule has 0 fully saturated rings. The van der Waals surface area contributed by atoms with Gasteiger partial charge in [0.2, 0.25) is 27.6 Å². The van der Waals surface area contributed by atoms with Gasteiger partial charge in [-0.3, -0.25) is 8.98 Å². The van der Waals surface area contributed by atoms with Gasteiger partial charge in [0.1, 0.15) is 25.9 Å². The molecule has 1 amide bonds. The van der Waals surface area contributed by atoms with E-state index in [-0.39, 0.29) is 134 Å². The van der Waals surface area contributed by atoms with Crippen LogP contribution in [0.4, 0.5) is 34.6 Å². The second kappa shape index (κ2) is 20.5. The molecule has 1 unspecified atom stereocenters. The molecule has 5 rings (SSSR count). The number of carbonyl (C=O) groups excluding carboxylic acids is 1. The van der Waals surface area contributed by atoms with Crippen molar-refractivity contribution in [1.29, 1.82) is 0 Å². The summed E-state index contributed by atoms with van der Waals surface area (Å²) in [5.74, 6) is -2.05. The number of sulfone groups is 1. The van der Waals surface area contributed by atoms with Gasteiger partial charge in [0, 0.05) is 11.4 Å². The van der Waals surface area contributed by atoms with E-state index in [1.807, 2.05) is 0 Å². The van der Waals surface area contributed by atoms with Crippen molar-refractivity contribution >= 4 is 98.3 Å². The fourth-order valence-corrected chi connectivity index (χ4v) is 7.23. The molecule has 30 heteroatoms. The van der Waals surface area contributed by atoms with Crippen LogP contribution in [0.3, 0.4) is 0 Å². The zero-order valence-corrected chi connectivity index (χ0v) is 39.8. The van der Waals surface area contributed by atoms with Crippen molar-refractivity contribution in [3.63, 3.8) is 0 Å². The molecule has 0 aliphatic carbocycles. The van der Waals surface area contributed by atoms with Gasteiger partial charge in [0.05, 0.1) is 38.4 Å². The van der Waals surface area contributed by atoms with E-state index in [1.54, 1.807) is 0 Å². The van der Waals surface area contributed by atoms with E-state index in [1.165, 1.54) is 37.3 Å². The minimum absolute atomic E-state index is 0. The fraction of sp³-hybridized carbons (Fsp3) is 0.148. The molecular weight excluding hydrogens is 891 g/mol. The monoisotopic (exact) mass is 911 g/mol. The summed E-state index contributed by atoms with van der Waals surface area (Å²) in [6.45, 7) is 0.504. The standard InChI is InChI=1S/C27H24ClN9O13S4.3Na/c1-15-23(24(38)37(36-15)18-6-8-19(9-7-18)52(41,42)43)35-34-21-14-17(5-10-22(21)53(44,45)46)30-27-32-25(28)31-26(33-27)29-16-3-2-4-20(13-16)51(39,40)12-11-50-54(47,48)49;;;/h2-10,13-14,23H,11-12H2,1H3,(H,41,42,43)(H,44,45,46)(H,47,48,49)(H2,29,30,31,32,33);;;/q;3*+1/p-3. The summed E-state index contributed by atoms with van der Waals surface area (Å²) in [6.07, 6.45) is 0. The van der Waals surface area contributed by atoms with Gasteiger partial charge >= 0.3 is 88.7 Å². The van der Waals surface area contributed by atoms with Crippen LogP contribution in [0.15, 0.2) is 96.7 Å². The molecule has 0 saturated heterocycles. The molecule has 0 saturated carbocycles. The molecule has 286 valence electrons. The van der Waals surface area contributed by atoms with Crippen LogP contribution in [0.25, 0.3) is 0 Å². The van der Waals surface area contributed by atoms with Crippen molar-refractivity contribution in [2.24, 2.45) is 15.3 Å².